The van der Waals surface area contributed by atoms with Crippen molar-refractivity contribution >= 4 is 16.8 Å². The molecule has 0 spiro atoms. The average Bonchev–Trinajstić information content (AvgIpc) is 2.70. The Balaban J connectivity index is 1.79. The summed E-state index contributed by atoms with van der Waals surface area (Å²) >= 11 is 0. The van der Waals surface area contributed by atoms with Crippen LogP contribution in [0.15, 0.2) is 53.6 Å². The Labute approximate surface area is 158 Å². The van der Waals surface area contributed by atoms with E-state index in [0.29, 0.717) is 11.9 Å². The maximum absolute atomic E-state index is 13.4. The number of piperidine rings is 1. The molecule has 1 saturated heterocycles. The van der Waals surface area contributed by atoms with Crippen molar-refractivity contribution in [2.75, 3.05) is 6.54 Å². The standard InChI is InChI=1S/C22H23N3O2/c1-15-9-10-19-16(13-15)21(26)17(14-24(19)2)22(27)25-12-6-4-8-20(25)18-7-3-5-11-23-18/h3,5,7,9-11,13-14,20H,4,6,8,12H2,1-2H3/t20-/m0/s1. The predicted molar refractivity (Wildman–Crippen MR) is 106 cm³/mol. The molecule has 27 heavy (non-hydrogen) atoms. The lowest BCUT2D eigenvalue weighted by Gasteiger charge is -2.35. The number of amides is 1. The molecule has 5 heteroatoms. The zero-order valence-corrected chi connectivity index (χ0v) is 15.7. The lowest BCUT2D eigenvalue weighted by Crippen LogP contribution is -2.41. The number of aryl methyl sites for hydroxylation is 2. The summed E-state index contributed by atoms with van der Waals surface area (Å²) in [4.78, 5) is 32.7. The van der Waals surface area contributed by atoms with Gasteiger partial charge in [0, 0.05) is 31.4 Å². The van der Waals surface area contributed by atoms with Gasteiger partial charge in [-0.2, -0.15) is 0 Å². The van der Waals surface area contributed by atoms with Crippen molar-refractivity contribution in [3.05, 3.63) is 75.8 Å². The molecule has 0 aliphatic carbocycles. The fourth-order valence-corrected chi connectivity index (χ4v) is 3.97. The quantitative estimate of drug-likeness (QED) is 0.701. The molecule has 5 nitrogen and oxygen atoms in total. The number of rotatable bonds is 2. The molecular weight excluding hydrogens is 338 g/mol. The summed E-state index contributed by atoms with van der Waals surface area (Å²) in [5, 5.41) is 0.592. The first-order valence-corrected chi connectivity index (χ1v) is 9.38. The number of likely N-dealkylation sites (tertiary alicyclic amines) is 1. The number of aromatic nitrogens is 2. The third-order valence-corrected chi connectivity index (χ3v) is 5.37. The minimum atomic E-state index is -0.200. The zero-order chi connectivity index (χ0) is 19.0. The largest absolute Gasteiger partial charge is 0.350 e. The molecule has 1 aliphatic heterocycles. The molecule has 3 aromatic rings. The summed E-state index contributed by atoms with van der Waals surface area (Å²) in [7, 11) is 1.88. The van der Waals surface area contributed by atoms with Crippen molar-refractivity contribution in [3.8, 4) is 0 Å². The molecule has 1 fully saturated rings. The van der Waals surface area contributed by atoms with E-state index >= 15 is 0 Å². The third-order valence-electron chi connectivity index (χ3n) is 5.37. The van der Waals surface area contributed by atoms with Gasteiger partial charge >= 0.3 is 0 Å². The van der Waals surface area contributed by atoms with E-state index in [4.69, 9.17) is 0 Å². The molecule has 2 aromatic heterocycles. The van der Waals surface area contributed by atoms with Crippen LogP contribution in [-0.2, 0) is 7.05 Å². The smallest absolute Gasteiger partial charge is 0.259 e. The second kappa shape index (κ2) is 6.99. The van der Waals surface area contributed by atoms with Crippen molar-refractivity contribution in [2.24, 2.45) is 7.05 Å². The molecule has 1 atom stereocenters. The van der Waals surface area contributed by atoms with Crippen LogP contribution in [0.4, 0.5) is 0 Å². The van der Waals surface area contributed by atoms with Gasteiger partial charge in [0.15, 0.2) is 0 Å². The summed E-state index contributed by atoms with van der Waals surface area (Å²) in [6.07, 6.45) is 6.30. The van der Waals surface area contributed by atoms with E-state index in [9.17, 15) is 9.59 Å². The fourth-order valence-electron chi connectivity index (χ4n) is 3.97. The lowest BCUT2D eigenvalue weighted by atomic mass is 9.97. The fraction of sp³-hybridized carbons (Fsp3) is 0.318. The lowest BCUT2D eigenvalue weighted by molar-refractivity contribution is 0.0604. The van der Waals surface area contributed by atoms with Gasteiger partial charge in [-0.25, -0.2) is 0 Å². The van der Waals surface area contributed by atoms with Crippen molar-refractivity contribution in [2.45, 2.75) is 32.2 Å². The SMILES string of the molecule is Cc1ccc2c(c1)c(=O)c(C(=O)N1CCCC[C@H]1c1ccccn1)cn2C. The highest BCUT2D eigenvalue weighted by molar-refractivity contribution is 5.97. The van der Waals surface area contributed by atoms with E-state index in [2.05, 4.69) is 4.98 Å². The van der Waals surface area contributed by atoms with Crippen molar-refractivity contribution < 1.29 is 4.79 Å². The maximum atomic E-state index is 13.4. The second-order valence-electron chi connectivity index (χ2n) is 7.27. The summed E-state index contributed by atoms with van der Waals surface area (Å²) in [5.41, 5.74) is 2.77. The Hall–Kier alpha value is -2.95. The van der Waals surface area contributed by atoms with Gasteiger partial charge in [-0.3, -0.25) is 14.6 Å². The van der Waals surface area contributed by atoms with E-state index < -0.39 is 0 Å². The van der Waals surface area contributed by atoms with Crippen LogP contribution in [0.5, 0.6) is 0 Å². The highest BCUT2D eigenvalue weighted by Crippen LogP contribution is 2.30. The topological polar surface area (TPSA) is 55.2 Å². The highest BCUT2D eigenvalue weighted by atomic mass is 16.2. The van der Waals surface area contributed by atoms with Crippen molar-refractivity contribution in [1.82, 2.24) is 14.5 Å². The molecule has 138 valence electrons. The minimum absolute atomic E-state index is 0.0784. The van der Waals surface area contributed by atoms with Gasteiger partial charge in [0.05, 0.1) is 17.3 Å². The van der Waals surface area contributed by atoms with E-state index in [-0.39, 0.29) is 22.9 Å². The molecule has 0 saturated carbocycles. The summed E-state index contributed by atoms with van der Waals surface area (Å²) in [6, 6.07) is 11.5. The van der Waals surface area contributed by atoms with Crippen molar-refractivity contribution in [1.29, 1.82) is 0 Å². The van der Waals surface area contributed by atoms with Crippen LogP contribution in [0.2, 0.25) is 0 Å². The Morgan fingerprint density at radius 3 is 2.81 bits per heavy atom. The maximum Gasteiger partial charge on any atom is 0.259 e. The Morgan fingerprint density at radius 2 is 2.04 bits per heavy atom. The molecule has 0 bridgehead atoms. The number of hydrogen-bond donors (Lipinski definition) is 0. The molecule has 1 amide bonds. The van der Waals surface area contributed by atoms with E-state index in [0.717, 1.165) is 36.0 Å². The second-order valence-corrected chi connectivity index (χ2v) is 7.27. The molecule has 1 aromatic carbocycles. The minimum Gasteiger partial charge on any atom is -0.350 e. The van der Waals surface area contributed by atoms with Gasteiger partial charge in [0.25, 0.3) is 5.91 Å². The van der Waals surface area contributed by atoms with Gasteiger partial charge in [0.2, 0.25) is 5.43 Å². The molecule has 1 aliphatic rings. The summed E-state index contributed by atoms with van der Waals surface area (Å²) < 4.78 is 1.86. The van der Waals surface area contributed by atoms with Gasteiger partial charge in [-0.1, -0.05) is 17.7 Å². The van der Waals surface area contributed by atoms with Crippen LogP contribution in [0.25, 0.3) is 10.9 Å². The molecular formula is C22H23N3O2. The first-order chi connectivity index (χ1) is 13.1. The van der Waals surface area contributed by atoms with Crippen LogP contribution in [0.3, 0.4) is 0 Å². The van der Waals surface area contributed by atoms with Gasteiger partial charge in [-0.15, -0.1) is 0 Å². The summed E-state index contributed by atoms with van der Waals surface area (Å²) in [5.74, 6) is -0.200. The van der Waals surface area contributed by atoms with Gasteiger partial charge in [-0.05, 0) is 50.5 Å². The predicted octanol–water partition coefficient (Wildman–Crippen LogP) is 3.61. The Bertz CT molecular complexity index is 1060. The summed E-state index contributed by atoms with van der Waals surface area (Å²) in [6.45, 7) is 2.60. The zero-order valence-electron chi connectivity index (χ0n) is 15.7. The molecule has 4 rings (SSSR count). The number of pyridine rings is 2. The van der Waals surface area contributed by atoms with Crippen molar-refractivity contribution in [3.63, 3.8) is 0 Å². The number of carbonyl (C=O) groups excluding carboxylic acids is 1. The number of fused-ring (bicyclic) bond motifs is 1. The van der Waals surface area contributed by atoms with E-state index in [1.165, 1.54) is 0 Å². The number of hydrogen-bond acceptors (Lipinski definition) is 3. The highest BCUT2D eigenvalue weighted by Gasteiger charge is 2.31. The molecule has 0 unspecified atom stereocenters. The van der Waals surface area contributed by atoms with Crippen LogP contribution < -0.4 is 5.43 Å². The molecule has 0 N–H and O–H groups in total. The Kier molecular flexibility index (Phi) is 4.52. The van der Waals surface area contributed by atoms with Gasteiger partial charge < -0.3 is 9.47 Å². The van der Waals surface area contributed by atoms with E-state index in [1.54, 1.807) is 12.4 Å². The number of benzene rings is 1. The normalized spacial score (nSPS) is 17.3. The number of carbonyl (C=O) groups is 1. The molecule has 3 heterocycles. The Morgan fingerprint density at radius 1 is 1.19 bits per heavy atom. The van der Waals surface area contributed by atoms with Crippen LogP contribution in [-0.4, -0.2) is 26.9 Å². The first kappa shape index (κ1) is 17.5. The molecule has 0 radical (unpaired) electrons. The van der Waals surface area contributed by atoms with Crippen LogP contribution >= 0.6 is 0 Å². The van der Waals surface area contributed by atoms with Crippen LogP contribution in [0.1, 0.15) is 46.9 Å². The van der Waals surface area contributed by atoms with E-state index in [1.807, 2.05) is 59.8 Å². The monoisotopic (exact) mass is 361 g/mol. The third kappa shape index (κ3) is 3.14. The average molecular weight is 361 g/mol. The van der Waals surface area contributed by atoms with Crippen LogP contribution in [0, 0.1) is 6.92 Å². The van der Waals surface area contributed by atoms with Gasteiger partial charge in [0.1, 0.15) is 5.56 Å². The first-order valence-electron chi connectivity index (χ1n) is 9.38. The number of nitrogens with zero attached hydrogens (tertiary/aromatic N) is 3.